The third kappa shape index (κ3) is 5.64. The number of carbonyl (C=O) groups excluding carboxylic acids is 1. The van der Waals surface area contributed by atoms with Crippen LogP contribution in [0.4, 0.5) is 5.69 Å². The van der Waals surface area contributed by atoms with E-state index in [4.69, 9.17) is 4.18 Å². The highest BCUT2D eigenvalue weighted by Gasteiger charge is 2.18. The summed E-state index contributed by atoms with van der Waals surface area (Å²) in [6.45, 7) is 0. The predicted molar refractivity (Wildman–Crippen MR) is 111 cm³/mol. The number of phenols is 1. The van der Waals surface area contributed by atoms with Gasteiger partial charge in [-0.05, 0) is 60.2 Å². The van der Waals surface area contributed by atoms with Crippen LogP contribution < -0.4 is 9.61 Å². The smallest absolute Gasteiger partial charge is 0.339 e. The van der Waals surface area contributed by atoms with Gasteiger partial charge in [-0.1, -0.05) is 6.07 Å². The molecule has 0 aliphatic carbocycles. The first-order valence-electron chi connectivity index (χ1n) is 8.66. The van der Waals surface area contributed by atoms with Crippen LogP contribution in [0.5, 0.6) is 11.5 Å². The minimum Gasteiger partial charge on any atom is -0.508 e. The molecule has 0 radical (unpaired) electrons. The summed E-state index contributed by atoms with van der Waals surface area (Å²) in [6, 6.07) is 15.9. The van der Waals surface area contributed by atoms with Crippen LogP contribution in [-0.4, -0.2) is 30.6 Å². The van der Waals surface area contributed by atoms with Crippen molar-refractivity contribution < 1.29 is 27.4 Å². The summed E-state index contributed by atoms with van der Waals surface area (Å²) in [5.41, 5.74) is 2.85. The minimum atomic E-state index is -4.16. The molecular weight excluding hydrogens is 426 g/mol. The molecule has 158 valence electrons. The lowest BCUT2D eigenvalue weighted by atomic mass is 10.2. The van der Waals surface area contributed by atoms with Gasteiger partial charge in [-0.2, -0.15) is 13.5 Å². The fourth-order valence-electron chi connectivity index (χ4n) is 2.40. The predicted octanol–water partition coefficient (Wildman–Crippen LogP) is 2.83. The van der Waals surface area contributed by atoms with Crippen LogP contribution in [0, 0.1) is 10.1 Å². The van der Waals surface area contributed by atoms with Crippen molar-refractivity contribution in [1.29, 1.82) is 0 Å². The topological polar surface area (TPSA) is 148 Å². The Morgan fingerprint density at radius 2 is 1.74 bits per heavy atom. The number of phenolic OH excluding ortho intramolecular Hbond substituents is 1. The van der Waals surface area contributed by atoms with Crippen molar-refractivity contribution in [3.05, 3.63) is 94.0 Å². The number of nitrogens with zero attached hydrogens (tertiary/aromatic N) is 2. The van der Waals surface area contributed by atoms with Crippen molar-refractivity contribution in [3.63, 3.8) is 0 Å². The van der Waals surface area contributed by atoms with E-state index >= 15 is 0 Å². The van der Waals surface area contributed by atoms with Gasteiger partial charge >= 0.3 is 10.1 Å². The van der Waals surface area contributed by atoms with Gasteiger partial charge in [0.15, 0.2) is 0 Å². The lowest BCUT2D eigenvalue weighted by Gasteiger charge is -2.07. The van der Waals surface area contributed by atoms with E-state index < -0.39 is 20.9 Å². The van der Waals surface area contributed by atoms with E-state index in [1.165, 1.54) is 54.7 Å². The zero-order valence-electron chi connectivity index (χ0n) is 15.7. The van der Waals surface area contributed by atoms with Gasteiger partial charge in [-0.3, -0.25) is 14.9 Å². The van der Waals surface area contributed by atoms with Gasteiger partial charge in [0, 0.05) is 17.7 Å². The fourth-order valence-corrected chi connectivity index (χ4v) is 3.33. The number of carbonyl (C=O) groups is 1. The molecule has 0 unspecified atom stereocenters. The second-order valence-electron chi connectivity index (χ2n) is 6.11. The molecule has 3 rings (SSSR count). The van der Waals surface area contributed by atoms with Gasteiger partial charge in [0.2, 0.25) is 0 Å². The quantitative estimate of drug-likeness (QED) is 0.248. The van der Waals surface area contributed by atoms with Crippen LogP contribution in [0.1, 0.15) is 15.9 Å². The van der Waals surface area contributed by atoms with E-state index in [-0.39, 0.29) is 27.6 Å². The molecule has 0 heterocycles. The third-order valence-corrected chi connectivity index (χ3v) is 5.17. The van der Waals surface area contributed by atoms with Crippen molar-refractivity contribution in [1.82, 2.24) is 5.43 Å². The van der Waals surface area contributed by atoms with Crippen LogP contribution in [0.3, 0.4) is 0 Å². The summed E-state index contributed by atoms with van der Waals surface area (Å²) in [6.07, 6.45) is 1.34. The van der Waals surface area contributed by atoms with E-state index in [9.17, 15) is 28.4 Å². The Hall–Kier alpha value is -4.25. The molecule has 10 nitrogen and oxygen atoms in total. The molecule has 0 saturated heterocycles. The summed E-state index contributed by atoms with van der Waals surface area (Å²) in [5, 5.41) is 23.8. The SMILES string of the molecule is O=C(N/N=C\c1ccc(OS(=O)(=O)c2ccc([N+](=O)[O-])cc2)cc1)c1cccc(O)c1. The number of rotatable bonds is 7. The number of amides is 1. The number of nitro benzene ring substituents is 1. The number of aromatic hydroxyl groups is 1. The van der Waals surface area contributed by atoms with Gasteiger partial charge in [0.1, 0.15) is 16.4 Å². The third-order valence-electron chi connectivity index (χ3n) is 3.91. The zero-order valence-corrected chi connectivity index (χ0v) is 16.5. The monoisotopic (exact) mass is 441 g/mol. The molecule has 0 aromatic heterocycles. The average Bonchev–Trinajstić information content (AvgIpc) is 2.75. The average molecular weight is 441 g/mol. The number of benzene rings is 3. The minimum absolute atomic E-state index is 0.0271. The molecular formula is C20H15N3O7S. The number of nitrogens with one attached hydrogen (secondary N) is 1. The molecule has 3 aromatic carbocycles. The second kappa shape index (κ2) is 9.05. The Morgan fingerprint density at radius 1 is 1.06 bits per heavy atom. The number of non-ortho nitro benzene ring substituents is 1. The highest BCUT2D eigenvalue weighted by molar-refractivity contribution is 7.87. The molecule has 31 heavy (non-hydrogen) atoms. The second-order valence-corrected chi connectivity index (χ2v) is 7.65. The first kappa shape index (κ1) is 21.5. The van der Waals surface area contributed by atoms with Crippen LogP contribution in [0.25, 0.3) is 0 Å². The van der Waals surface area contributed by atoms with Gasteiger partial charge in [-0.15, -0.1) is 0 Å². The van der Waals surface area contributed by atoms with E-state index in [0.29, 0.717) is 5.56 Å². The number of nitro groups is 1. The van der Waals surface area contributed by atoms with Crippen LogP contribution in [0.2, 0.25) is 0 Å². The Labute approximate surface area is 176 Å². The van der Waals surface area contributed by atoms with E-state index in [2.05, 4.69) is 10.5 Å². The van der Waals surface area contributed by atoms with Gasteiger partial charge in [0.25, 0.3) is 11.6 Å². The maximum absolute atomic E-state index is 12.3. The maximum Gasteiger partial charge on any atom is 0.339 e. The number of hydrogen-bond donors (Lipinski definition) is 2. The normalized spacial score (nSPS) is 11.2. The molecule has 0 atom stereocenters. The molecule has 0 spiro atoms. The van der Waals surface area contributed by atoms with E-state index in [0.717, 1.165) is 24.3 Å². The largest absolute Gasteiger partial charge is 0.508 e. The molecule has 0 saturated carbocycles. The summed E-state index contributed by atoms with van der Waals surface area (Å²) < 4.78 is 29.6. The van der Waals surface area contributed by atoms with Crippen molar-refractivity contribution in [2.75, 3.05) is 0 Å². The molecule has 0 bridgehead atoms. The lowest BCUT2D eigenvalue weighted by Crippen LogP contribution is -2.17. The van der Waals surface area contributed by atoms with E-state index in [1.807, 2.05) is 0 Å². The fraction of sp³-hybridized carbons (Fsp3) is 0. The Bertz CT molecular complexity index is 1240. The van der Waals surface area contributed by atoms with E-state index in [1.54, 1.807) is 0 Å². The molecule has 11 heteroatoms. The highest BCUT2D eigenvalue weighted by atomic mass is 32.2. The molecule has 1 amide bonds. The molecule has 3 aromatic rings. The van der Waals surface area contributed by atoms with Crippen LogP contribution >= 0.6 is 0 Å². The summed E-state index contributed by atoms with van der Waals surface area (Å²) in [7, 11) is -4.16. The first-order valence-corrected chi connectivity index (χ1v) is 10.1. The van der Waals surface area contributed by atoms with Crippen LogP contribution in [0.15, 0.2) is 82.8 Å². The Kier molecular flexibility index (Phi) is 6.26. The number of hydrogen-bond acceptors (Lipinski definition) is 8. The lowest BCUT2D eigenvalue weighted by molar-refractivity contribution is -0.384. The standard InChI is InChI=1S/C20H15N3O7S/c24-17-3-1-2-15(12-17)20(25)22-21-13-14-4-8-18(9-5-14)30-31(28,29)19-10-6-16(7-11-19)23(26)27/h1-13,24H,(H,22,25)/b21-13-. The Balaban J connectivity index is 1.62. The summed E-state index contributed by atoms with van der Waals surface area (Å²) >= 11 is 0. The van der Waals surface area contributed by atoms with Crippen molar-refractivity contribution in [2.24, 2.45) is 5.10 Å². The zero-order chi connectivity index (χ0) is 22.4. The van der Waals surface area contributed by atoms with Gasteiger partial charge in [-0.25, -0.2) is 5.43 Å². The van der Waals surface area contributed by atoms with Crippen molar-refractivity contribution in [2.45, 2.75) is 4.90 Å². The van der Waals surface area contributed by atoms with Crippen LogP contribution in [-0.2, 0) is 10.1 Å². The Morgan fingerprint density at radius 3 is 2.35 bits per heavy atom. The molecule has 2 N–H and O–H groups in total. The van der Waals surface area contributed by atoms with Crippen molar-refractivity contribution >= 4 is 27.9 Å². The molecule has 0 aliphatic heterocycles. The summed E-state index contributed by atoms with van der Waals surface area (Å²) in [5.74, 6) is -0.531. The van der Waals surface area contributed by atoms with Gasteiger partial charge < -0.3 is 9.29 Å². The first-order chi connectivity index (χ1) is 14.7. The maximum atomic E-state index is 12.3. The summed E-state index contributed by atoms with van der Waals surface area (Å²) in [4.78, 5) is 21.7. The number of hydrazone groups is 1. The van der Waals surface area contributed by atoms with Crippen molar-refractivity contribution in [3.8, 4) is 11.5 Å². The van der Waals surface area contributed by atoms with Gasteiger partial charge in [0.05, 0.1) is 11.1 Å². The molecule has 0 fully saturated rings. The molecule has 0 aliphatic rings. The highest BCUT2D eigenvalue weighted by Crippen LogP contribution is 2.21.